The maximum Gasteiger partial charge on any atom is 0.307 e. The van der Waals surface area contributed by atoms with Crippen molar-refractivity contribution in [2.45, 2.75) is 33.3 Å². The second-order valence-electron chi connectivity index (χ2n) is 5.69. The van der Waals surface area contributed by atoms with Gasteiger partial charge in [-0.1, -0.05) is 25.4 Å². The minimum absolute atomic E-state index is 0.00125. The van der Waals surface area contributed by atoms with Crippen molar-refractivity contribution in [1.29, 1.82) is 0 Å². The molecule has 1 atom stereocenters. The average molecular weight is 326 g/mol. The summed E-state index contributed by atoms with van der Waals surface area (Å²) >= 11 is 6.27. The lowest BCUT2D eigenvalue weighted by Crippen LogP contribution is -2.49. The highest BCUT2D eigenvalue weighted by Gasteiger charge is 2.37. The maximum absolute atomic E-state index is 12.7. The van der Waals surface area contributed by atoms with Crippen molar-refractivity contribution in [3.63, 3.8) is 0 Å². The minimum Gasteiger partial charge on any atom is -0.477 e. The number of carbonyl (C=O) groups is 2. The van der Waals surface area contributed by atoms with Crippen molar-refractivity contribution in [2.24, 2.45) is 5.92 Å². The van der Waals surface area contributed by atoms with Crippen LogP contribution in [0.5, 0.6) is 5.75 Å². The molecule has 1 aliphatic heterocycles. The summed E-state index contributed by atoms with van der Waals surface area (Å²) in [7, 11) is 1.33. The van der Waals surface area contributed by atoms with Gasteiger partial charge in [-0.05, 0) is 30.5 Å². The number of hydrogen-bond donors (Lipinski definition) is 0. The zero-order valence-corrected chi connectivity index (χ0v) is 13.9. The number of amides is 1. The molecule has 1 amide bonds. The summed E-state index contributed by atoms with van der Waals surface area (Å²) in [6, 6.07) is 3.64. The molecule has 0 bridgehead atoms. The van der Waals surface area contributed by atoms with Gasteiger partial charge in [-0.15, -0.1) is 0 Å². The molecule has 0 saturated heterocycles. The number of anilines is 1. The van der Waals surface area contributed by atoms with Gasteiger partial charge in [-0.2, -0.15) is 0 Å². The monoisotopic (exact) mass is 325 g/mol. The van der Waals surface area contributed by atoms with Crippen LogP contribution in [-0.2, 0) is 14.3 Å². The number of aryl methyl sites for hydroxylation is 1. The lowest BCUT2D eigenvalue weighted by Gasteiger charge is -2.36. The molecule has 0 radical (unpaired) electrons. The highest BCUT2D eigenvalue weighted by Crippen LogP contribution is 2.42. The molecule has 120 valence electrons. The standard InChI is InChI=1S/C16H20ClNO4/c1-9(2)14-16(20)18(6-5-13(19)21-4)12-8-10(3)7-11(17)15(12)22-14/h7-9,14H,5-6H2,1-4H3/t14-/m0/s1. The van der Waals surface area contributed by atoms with E-state index in [1.54, 1.807) is 11.0 Å². The first-order valence-corrected chi connectivity index (χ1v) is 7.58. The van der Waals surface area contributed by atoms with Gasteiger partial charge in [-0.25, -0.2) is 0 Å². The molecule has 6 heteroatoms. The molecule has 0 aromatic heterocycles. The van der Waals surface area contributed by atoms with Crippen LogP contribution in [0.4, 0.5) is 5.69 Å². The predicted molar refractivity (Wildman–Crippen MR) is 84.4 cm³/mol. The van der Waals surface area contributed by atoms with Crippen LogP contribution in [0.15, 0.2) is 12.1 Å². The first-order chi connectivity index (χ1) is 10.3. The van der Waals surface area contributed by atoms with Crippen LogP contribution in [0.25, 0.3) is 0 Å². The summed E-state index contributed by atoms with van der Waals surface area (Å²) in [6.45, 7) is 5.96. The van der Waals surface area contributed by atoms with Crippen LogP contribution in [0.1, 0.15) is 25.8 Å². The first kappa shape index (κ1) is 16.6. The molecule has 5 nitrogen and oxygen atoms in total. The molecule has 0 aliphatic carbocycles. The van der Waals surface area contributed by atoms with Gasteiger partial charge in [0.15, 0.2) is 11.9 Å². The van der Waals surface area contributed by atoms with E-state index >= 15 is 0 Å². The second kappa shape index (κ2) is 6.57. The fourth-order valence-corrected chi connectivity index (χ4v) is 2.75. The summed E-state index contributed by atoms with van der Waals surface area (Å²) in [5.74, 6) is -0.0252. The molecule has 1 aliphatic rings. The molecule has 22 heavy (non-hydrogen) atoms. The Labute approximate surface area is 135 Å². The van der Waals surface area contributed by atoms with Crippen LogP contribution >= 0.6 is 11.6 Å². The molecule has 0 fully saturated rings. The number of esters is 1. The SMILES string of the molecule is COC(=O)CCN1C(=O)[C@H](C(C)C)Oc2c(Cl)cc(C)cc21. The Morgan fingerprint density at radius 1 is 1.45 bits per heavy atom. The van der Waals surface area contributed by atoms with E-state index in [0.717, 1.165) is 5.56 Å². The fraction of sp³-hybridized carbons (Fsp3) is 0.500. The van der Waals surface area contributed by atoms with Gasteiger partial charge in [0.1, 0.15) is 0 Å². The summed E-state index contributed by atoms with van der Waals surface area (Å²) in [5.41, 5.74) is 1.53. The quantitative estimate of drug-likeness (QED) is 0.799. The van der Waals surface area contributed by atoms with E-state index in [4.69, 9.17) is 16.3 Å². The third-order valence-corrected chi connectivity index (χ3v) is 3.87. The zero-order chi connectivity index (χ0) is 16.4. The molecule has 1 aromatic carbocycles. The van der Waals surface area contributed by atoms with Crippen LogP contribution in [0.3, 0.4) is 0 Å². The molecule has 2 rings (SSSR count). The van der Waals surface area contributed by atoms with E-state index in [1.165, 1.54) is 7.11 Å². The Morgan fingerprint density at radius 3 is 2.73 bits per heavy atom. The normalized spacial score (nSPS) is 17.3. The van der Waals surface area contributed by atoms with E-state index in [2.05, 4.69) is 4.74 Å². The van der Waals surface area contributed by atoms with Gasteiger partial charge >= 0.3 is 5.97 Å². The number of rotatable bonds is 4. The number of carbonyl (C=O) groups excluding carboxylic acids is 2. The van der Waals surface area contributed by atoms with Crippen LogP contribution in [-0.4, -0.2) is 31.6 Å². The van der Waals surface area contributed by atoms with Gasteiger partial charge in [0.2, 0.25) is 0 Å². The second-order valence-corrected chi connectivity index (χ2v) is 6.10. The van der Waals surface area contributed by atoms with Crippen molar-refractivity contribution in [2.75, 3.05) is 18.6 Å². The third-order valence-electron chi connectivity index (χ3n) is 3.59. The summed E-state index contributed by atoms with van der Waals surface area (Å²) in [5, 5.41) is 0.469. The Hall–Kier alpha value is -1.75. The maximum atomic E-state index is 12.7. The van der Waals surface area contributed by atoms with Gasteiger partial charge < -0.3 is 14.4 Å². The van der Waals surface area contributed by atoms with Crippen molar-refractivity contribution >= 4 is 29.2 Å². The number of halogens is 1. The topological polar surface area (TPSA) is 55.8 Å². The van der Waals surface area contributed by atoms with Crippen LogP contribution in [0, 0.1) is 12.8 Å². The Balaban J connectivity index is 2.41. The van der Waals surface area contributed by atoms with E-state index in [-0.39, 0.29) is 30.8 Å². The molecule has 0 unspecified atom stereocenters. The first-order valence-electron chi connectivity index (χ1n) is 7.20. The Morgan fingerprint density at radius 2 is 2.14 bits per heavy atom. The molecular formula is C16H20ClNO4. The highest BCUT2D eigenvalue weighted by atomic mass is 35.5. The average Bonchev–Trinajstić information content (AvgIpc) is 2.45. The summed E-state index contributed by atoms with van der Waals surface area (Å²) in [6.07, 6.45) is -0.483. The smallest absolute Gasteiger partial charge is 0.307 e. The molecule has 1 aromatic rings. The minimum atomic E-state index is -0.606. The van der Waals surface area contributed by atoms with Crippen LogP contribution in [0.2, 0.25) is 5.02 Å². The van der Waals surface area contributed by atoms with Crippen molar-refractivity contribution < 1.29 is 19.1 Å². The van der Waals surface area contributed by atoms with Gasteiger partial charge in [0, 0.05) is 6.54 Å². The van der Waals surface area contributed by atoms with E-state index in [9.17, 15) is 9.59 Å². The lowest BCUT2D eigenvalue weighted by molar-refractivity contribution is -0.140. The lowest BCUT2D eigenvalue weighted by atomic mass is 10.0. The third kappa shape index (κ3) is 3.19. The van der Waals surface area contributed by atoms with Gasteiger partial charge in [0.05, 0.1) is 24.2 Å². The summed E-state index contributed by atoms with van der Waals surface area (Å²) < 4.78 is 10.5. The largest absolute Gasteiger partial charge is 0.477 e. The van der Waals surface area contributed by atoms with Crippen molar-refractivity contribution in [1.82, 2.24) is 0 Å². The molecule has 0 N–H and O–H groups in total. The number of methoxy groups -OCH3 is 1. The summed E-state index contributed by atoms with van der Waals surface area (Å²) in [4.78, 5) is 25.6. The molecule has 0 saturated carbocycles. The number of fused-ring (bicyclic) bond motifs is 1. The molecule has 1 heterocycles. The van der Waals surface area contributed by atoms with Crippen LogP contribution < -0.4 is 9.64 Å². The van der Waals surface area contributed by atoms with E-state index in [1.807, 2.05) is 26.8 Å². The van der Waals surface area contributed by atoms with E-state index in [0.29, 0.717) is 16.5 Å². The van der Waals surface area contributed by atoms with Crippen molar-refractivity contribution in [3.05, 3.63) is 22.7 Å². The number of ether oxygens (including phenoxy) is 2. The fourth-order valence-electron chi connectivity index (χ4n) is 2.43. The number of nitrogens with zero attached hydrogens (tertiary/aromatic N) is 1. The van der Waals surface area contributed by atoms with Gasteiger partial charge in [0.25, 0.3) is 5.91 Å². The van der Waals surface area contributed by atoms with E-state index < -0.39 is 6.10 Å². The Kier molecular flexibility index (Phi) is 4.96. The van der Waals surface area contributed by atoms with Crippen molar-refractivity contribution in [3.8, 4) is 5.75 Å². The van der Waals surface area contributed by atoms with Gasteiger partial charge in [-0.3, -0.25) is 9.59 Å². The number of hydrogen-bond acceptors (Lipinski definition) is 4. The zero-order valence-electron chi connectivity index (χ0n) is 13.2. The highest BCUT2D eigenvalue weighted by molar-refractivity contribution is 6.33. The predicted octanol–water partition coefficient (Wildman–Crippen LogP) is 2.96. The Bertz CT molecular complexity index is 600. The molecular weight excluding hydrogens is 306 g/mol. The number of benzene rings is 1. The molecule has 0 spiro atoms.